The Bertz CT molecular complexity index is 563. The first kappa shape index (κ1) is 19.5. The molecular formula is C22H31NO2. The molecule has 1 fully saturated rings. The van der Waals surface area contributed by atoms with Crippen LogP contribution in [-0.4, -0.2) is 37.1 Å². The third-order valence-electron chi connectivity index (χ3n) is 5.14. The Hall–Kier alpha value is -1.79. The molecule has 1 aliphatic rings. The molecule has 0 heterocycles. The summed E-state index contributed by atoms with van der Waals surface area (Å²) in [5.41, 5.74) is 1.08. The second-order valence-corrected chi connectivity index (χ2v) is 6.71. The van der Waals surface area contributed by atoms with Crippen molar-refractivity contribution >= 4 is 5.97 Å². The van der Waals surface area contributed by atoms with Crippen LogP contribution in [0.25, 0.3) is 0 Å². The van der Waals surface area contributed by atoms with Crippen molar-refractivity contribution in [1.29, 1.82) is 0 Å². The maximum absolute atomic E-state index is 12.8. The van der Waals surface area contributed by atoms with Gasteiger partial charge in [0, 0.05) is 0 Å². The molecule has 0 amide bonds. The minimum absolute atomic E-state index is 0.116. The van der Waals surface area contributed by atoms with Crippen molar-refractivity contribution < 1.29 is 9.53 Å². The van der Waals surface area contributed by atoms with Gasteiger partial charge in [-0.15, -0.1) is 0 Å². The Morgan fingerprint density at radius 3 is 2.44 bits per heavy atom. The number of carbonyl (C=O) groups excluding carboxylic acids is 1. The van der Waals surface area contributed by atoms with Crippen LogP contribution in [0.3, 0.4) is 0 Å². The highest BCUT2D eigenvalue weighted by Gasteiger charge is 2.31. The summed E-state index contributed by atoms with van der Waals surface area (Å²) >= 11 is 0. The number of ether oxygens (including phenoxy) is 1. The molecule has 0 radical (unpaired) electrons. The van der Waals surface area contributed by atoms with Crippen LogP contribution in [0.2, 0.25) is 0 Å². The van der Waals surface area contributed by atoms with Crippen molar-refractivity contribution in [3.05, 3.63) is 35.9 Å². The molecule has 25 heavy (non-hydrogen) atoms. The number of benzene rings is 1. The van der Waals surface area contributed by atoms with E-state index in [0.717, 1.165) is 38.0 Å². The summed E-state index contributed by atoms with van der Waals surface area (Å²) in [5, 5.41) is 0. The molecular weight excluding hydrogens is 310 g/mol. The average Bonchev–Trinajstić information content (AvgIpc) is 2.66. The Balaban J connectivity index is 1.95. The first-order chi connectivity index (χ1) is 12.3. The summed E-state index contributed by atoms with van der Waals surface area (Å²) in [7, 11) is 0. The molecule has 1 unspecified atom stereocenters. The van der Waals surface area contributed by atoms with E-state index in [4.69, 9.17) is 4.74 Å². The zero-order valence-corrected chi connectivity index (χ0v) is 15.7. The monoisotopic (exact) mass is 341 g/mol. The molecule has 1 aromatic rings. The molecule has 1 saturated carbocycles. The summed E-state index contributed by atoms with van der Waals surface area (Å²) in [6.07, 6.45) is 5.93. The van der Waals surface area contributed by atoms with Crippen LogP contribution < -0.4 is 0 Å². The summed E-state index contributed by atoms with van der Waals surface area (Å²) in [5.74, 6) is 6.22. The lowest BCUT2D eigenvalue weighted by Crippen LogP contribution is -2.26. The smallest absolute Gasteiger partial charge is 0.314 e. The van der Waals surface area contributed by atoms with Crippen LogP contribution in [0.1, 0.15) is 57.4 Å². The molecule has 1 aromatic carbocycles. The number of esters is 1. The molecule has 136 valence electrons. The molecule has 0 N–H and O–H groups in total. The summed E-state index contributed by atoms with van der Waals surface area (Å²) in [6.45, 7) is 7.15. The van der Waals surface area contributed by atoms with Gasteiger partial charge >= 0.3 is 5.97 Å². The zero-order valence-electron chi connectivity index (χ0n) is 15.7. The largest absolute Gasteiger partial charge is 0.452 e. The summed E-state index contributed by atoms with van der Waals surface area (Å²) < 4.78 is 5.53. The Morgan fingerprint density at radius 1 is 1.12 bits per heavy atom. The zero-order chi connectivity index (χ0) is 17.9. The molecule has 1 aliphatic carbocycles. The topological polar surface area (TPSA) is 29.5 Å². The van der Waals surface area contributed by atoms with Crippen molar-refractivity contribution in [2.24, 2.45) is 5.92 Å². The lowest BCUT2D eigenvalue weighted by atomic mass is 9.77. The third kappa shape index (κ3) is 6.21. The van der Waals surface area contributed by atoms with Crippen molar-refractivity contribution in [3.63, 3.8) is 0 Å². The van der Waals surface area contributed by atoms with E-state index in [1.54, 1.807) is 0 Å². The standard InChI is InChI=1S/C22H31NO2/c1-3-23(4-2)17-11-12-18-25-22(24)21(19-13-7-5-8-14-19)20-15-9-6-10-16-20/h5,7-8,13-14,20-21H,3-4,6,9-10,15-18H2,1-2H3. The van der Waals surface area contributed by atoms with E-state index < -0.39 is 0 Å². The van der Waals surface area contributed by atoms with Crippen LogP contribution in [0.4, 0.5) is 0 Å². The summed E-state index contributed by atoms with van der Waals surface area (Å²) in [4.78, 5) is 15.0. The molecule has 0 aliphatic heterocycles. The molecule has 3 heteroatoms. The van der Waals surface area contributed by atoms with Gasteiger partial charge in [-0.05, 0) is 37.4 Å². The van der Waals surface area contributed by atoms with Gasteiger partial charge in [0.2, 0.25) is 0 Å². The SMILES string of the molecule is CCN(CC)CC#CCOC(=O)C(c1ccccc1)C1CCCCC1. The van der Waals surface area contributed by atoms with E-state index in [0.29, 0.717) is 5.92 Å². The number of hydrogen-bond donors (Lipinski definition) is 0. The fourth-order valence-corrected chi connectivity index (χ4v) is 3.59. The highest BCUT2D eigenvalue weighted by molar-refractivity contribution is 5.78. The quantitative estimate of drug-likeness (QED) is 0.549. The first-order valence-electron chi connectivity index (χ1n) is 9.65. The molecule has 0 aromatic heterocycles. The fraction of sp³-hybridized carbons (Fsp3) is 0.591. The van der Waals surface area contributed by atoms with Gasteiger partial charge in [0.25, 0.3) is 0 Å². The molecule has 2 rings (SSSR count). The van der Waals surface area contributed by atoms with Crippen molar-refractivity contribution in [2.45, 2.75) is 51.9 Å². The maximum atomic E-state index is 12.8. The van der Waals surface area contributed by atoms with E-state index in [-0.39, 0.29) is 18.5 Å². The van der Waals surface area contributed by atoms with E-state index in [1.165, 1.54) is 19.3 Å². The van der Waals surface area contributed by atoms with E-state index in [2.05, 4.69) is 30.6 Å². The number of hydrogen-bond acceptors (Lipinski definition) is 3. The van der Waals surface area contributed by atoms with Crippen LogP contribution >= 0.6 is 0 Å². The highest BCUT2D eigenvalue weighted by Crippen LogP contribution is 2.36. The maximum Gasteiger partial charge on any atom is 0.314 e. The van der Waals surface area contributed by atoms with Gasteiger partial charge in [-0.3, -0.25) is 9.69 Å². The van der Waals surface area contributed by atoms with Gasteiger partial charge in [0.05, 0.1) is 12.5 Å². The van der Waals surface area contributed by atoms with Crippen LogP contribution in [-0.2, 0) is 9.53 Å². The van der Waals surface area contributed by atoms with Gasteiger partial charge in [-0.2, -0.15) is 0 Å². The predicted octanol–water partition coefficient (Wildman–Crippen LogP) is 4.24. The van der Waals surface area contributed by atoms with Gasteiger partial charge in [-0.1, -0.05) is 75.3 Å². The third-order valence-corrected chi connectivity index (χ3v) is 5.14. The van der Waals surface area contributed by atoms with Crippen LogP contribution in [0.15, 0.2) is 30.3 Å². The average molecular weight is 341 g/mol. The second-order valence-electron chi connectivity index (χ2n) is 6.71. The molecule has 0 saturated heterocycles. The minimum atomic E-state index is -0.147. The number of rotatable bonds is 7. The van der Waals surface area contributed by atoms with Crippen LogP contribution in [0, 0.1) is 17.8 Å². The predicted molar refractivity (Wildman–Crippen MR) is 102 cm³/mol. The first-order valence-corrected chi connectivity index (χ1v) is 9.65. The molecule has 1 atom stereocenters. The van der Waals surface area contributed by atoms with Crippen molar-refractivity contribution in [1.82, 2.24) is 4.90 Å². The van der Waals surface area contributed by atoms with Gasteiger partial charge in [0.1, 0.15) is 0 Å². The van der Waals surface area contributed by atoms with Crippen molar-refractivity contribution in [2.75, 3.05) is 26.2 Å². The second kappa shape index (κ2) is 10.9. The van der Waals surface area contributed by atoms with Crippen LogP contribution in [0.5, 0.6) is 0 Å². The lowest BCUT2D eigenvalue weighted by molar-refractivity contribution is -0.145. The highest BCUT2D eigenvalue weighted by atomic mass is 16.5. The Kier molecular flexibility index (Phi) is 8.55. The summed E-state index contributed by atoms with van der Waals surface area (Å²) in [6, 6.07) is 10.1. The van der Waals surface area contributed by atoms with Gasteiger partial charge in [-0.25, -0.2) is 0 Å². The molecule has 3 nitrogen and oxygen atoms in total. The number of nitrogens with zero attached hydrogens (tertiary/aromatic N) is 1. The minimum Gasteiger partial charge on any atom is -0.452 e. The van der Waals surface area contributed by atoms with E-state index in [1.807, 2.05) is 30.3 Å². The molecule has 0 bridgehead atoms. The Morgan fingerprint density at radius 2 is 1.80 bits per heavy atom. The van der Waals surface area contributed by atoms with Crippen molar-refractivity contribution in [3.8, 4) is 11.8 Å². The Labute approximate surface area is 152 Å². The fourth-order valence-electron chi connectivity index (χ4n) is 3.59. The lowest BCUT2D eigenvalue weighted by Gasteiger charge is -2.29. The molecule has 0 spiro atoms. The van der Waals surface area contributed by atoms with E-state index >= 15 is 0 Å². The number of carbonyl (C=O) groups is 1. The van der Waals surface area contributed by atoms with Gasteiger partial charge < -0.3 is 4.74 Å². The van der Waals surface area contributed by atoms with Gasteiger partial charge in [0.15, 0.2) is 6.61 Å². The normalized spacial score (nSPS) is 16.1. The van der Waals surface area contributed by atoms with E-state index in [9.17, 15) is 4.79 Å².